The van der Waals surface area contributed by atoms with Crippen molar-refractivity contribution < 1.29 is 56.6 Å². The van der Waals surface area contributed by atoms with Crippen LogP contribution in [-0.4, -0.2) is 44.8 Å². The zero-order chi connectivity index (χ0) is 15.4. The molecule has 119 valence electrons. The number of ether oxygens (including phenoxy) is 2. The van der Waals surface area contributed by atoms with Gasteiger partial charge in [0.1, 0.15) is 0 Å². The fraction of sp³-hybridized carbons (Fsp3) is 0.692. The topological polar surface area (TPSA) is 93.7 Å². The van der Waals surface area contributed by atoms with Gasteiger partial charge in [-0.2, -0.15) is 6.42 Å². The molecule has 7 nitrogen and oxygen atoms in total. The van der Waals surface area contributed by atoms with Gasteiger partial charge < -0.3 is 27.0 Å². The summed E-state index contributed by atoms with van der Waals surface area (Å²) in [6.07, 6.45) is 1.56. The number of methoxy groups -OCH3 is 2. The first-order valence-electron chi connectivity index (χ1n) is 6.53. The van der Waals surface area contributed by atoms with E-state index >= 15 is 0 Å². The summed E-state index contributed by atoms with van der Waals surface area (Å²) < 4.78 is 8.92. The minimum Gasteiger partial charge on any atom is -0.453 e. The van der Waals surface area contributed by atoms with Crippen LogP contribution in [0.5, 0.6) is 0 Å². The van der Waals surface area contributed by atoms with Crippen LogP contribution in [0.4, 0.5) is 9.59 Å². The maximum Gasteiger partial charge on any atom is 0.407 e. The molecule has 0 aromatic heterocycles. The summed E-state index contributed by atoms with van der Waals surface area (Å²) in [5.41, 5.74) is 0. The standard InChI is InChI=1S/C13H23N2O5.Y/c1-4-7-11(16)10(15-13(18)20-3)8-5-6-9-14-12(17)19-2;/h10H,1,4-9H2,2-3H3,(H,14,17)(H,15,18);/q-1;. The minimum absolute atomic E-state index is 0. The SMILES string of the molecule is [CH2-]CCC(=O)C(CCCCNC(=O)OC)NC(=O)OC.[Y]. The number of hydrogen-bond donors (Lipinski definition) is 2. The summed E-state index contributed by atoms with van der Waals surface area (Å²) in [7, 11) is 2.54. The molecule has 0 aromatic rings. The molecule has 2 N–H and O–H groups in total. The monoisotopic (exact) mass is 376 g/mol. The fourth-order valence-electron chi connectivity index (χ4n) is 1.60. The molecule has 0 aliphatic heterocycles. The van der Waals surface area contributed by atoms with Crippen molar-refractivity contribution in [1.29, 1.82) is 0 Å². The van der Waals surface area contributed by atoms with Crippen molar-refractivity contribution >= 4 is 18.0 Å². The number of hydrogen-bond acceptors (Lipinski definition) is 5. The van der Waals surface area contributed by atoms with Crippen molar-refractivity contribution in [1.82, 2.24) is 10.6 Å². The van der Waals surface area contributed by atoms with Crippen LogP contribution in [-0.2, 0) is 47.0 Å². The molecule has 21 heavy (non-hydrogen) atoms. The van der Waals surface area contributed by atoms with E-state index in [9.17, 15) is 14.4 Å². The zero-order valence-electron chi connectivity index (χ0n) is 12.6. The second-order valence-corrected chi connectivity index (χ2v) is 4.17. The molecule has 0 saturated carbocycles. The Hall–Kier alpha value is -0.686. The van der Waals surface area contributed by atoms with E-state index in [0.29, 0.717) is 38.6 Å². The van der Waals surface area contributed by atoms with Crippen LogP contribution in [0.25, 0.3) is 0 Å². The van der Waals surface area contributed by atoms with Gasteiger partial charge in [-0.3, -0.25) is 4.79 Å². The summed E-state index contributed by atoms with van der Waals surface area (Å²) in [6.45, 7) is 4.08. The molecule has 0 spiro atoms. The summed E-state index contributed by atoms with van der Waals surface area (Å²) in [5, 5.41) is 5.06. The van der Waals surface area contributed by atoms with Crippen molar-refractivity contribution in [3.63, 3.8) is 0 Å². The van der Waals surface area contributed by atoms with Crippen LogP contribution in [0.3, 0.4) is 0 Å². The average molecular weight is 376 g/mol. The van der Waals surface area contributed by atoms with Crippen LogP contribution >= 0.6 is 0 Å². The van der Waals surface area contributed by atoms with Gasteiger partial charge in [0, 0.05) is 39.3 Å². The predicted molar refractivity (Wildman–Crippen MR) is 73.2 cm³/mol. The second kappa shape index (κ2) is 14.3. The largest absolute Gasteiger partial charge is 0.453 e. The Morgan fingerprint density at radius 3 is 2.24 bits per heavy atom. The molecule has 0 aliphatic rings. The van der Waals surface area contributed by atoms with Crippen LogP contribution in [0, 0.1) is 6.92 Å². The molecule has 1 radical (unpaired) electrons. The van der Waals surface area contributed by atoms with Gasteiger partial charge in [0.15, 0.2) is 5.78 Å². The Labute approximate surface area is 150 Å². The summed E-state index contributed by atoms with van der Waals surface area (Å²) >= 11 is 0. The van der Waals surface area contributed by atoms with E-state index in [1.807, 2.05) is 0 Å². The van der Waals surface area contributed by atoms with Crippen LogP contribution in [0.1, 0.15) is 32.1 Å². The second-order valence-electron chi connectivity index (χ2n) is 4.17. The number of carbonyl (C=O) groups is 3. The third-order valence-corrected chi connectivity index (χ3v) is 2.66. The van der Waals surface area contributed by atoms with Crippen LogP contribution in [0.15, 0.2) is 0 Å². The molecule has 1 atom stereocenters. The Morgan fingerprint density at radius 1 is 1.10 bits per heavy atom. The molecule has 0 aromatic carbocycles. The third kappa shape index (κ3) is 11.6. The number of nitrogens with one attached hydrogen (secondary N) is 2. The van der Waals surface area contributed by atoms with Gasteiger partial charge in [0.05, 0.1) is 20.3 Å². The van der Waals surface area contributed by atoms with Gasteiger partial charge in [-0.15, -0.1) is 0 Å². The Morgan fingerprint density at radius 2 is 1.71 bits per heavy atom. The van der Waals surface area contributed by atoms with Gasteiger partial charge in [-0.05, 0) is 25.7 Å². The average Bonchev–Trinajstić information content (AvgIpc) is 2.45. The molecular formula is C13H23N2O5Y-. The normalized spacial score (nSPS) is 10.8. The molecule has 0 saturated heterocycles. The van der Waals surface area contributed by atoms with Crippen molar-refractivity contribution in [2.24, 2.45) is 0 Å². The molecular weight excluding hydrogens is 353 g/mol. The smallest absolute Gasteiger partial charge is 0.407 e. The van der Waals surface area contributed by atoms with Crippen molar-refractivity contribution in [3.05, 3.63) is 6.92 Å². The number of carbonyl (C=O) groups excluding carboxylic acids is 3. The van der Waals surface area contributed by atoms with E-state index in [-0.39, 0.29) is 38.5 Å². The third-order valence-electron chi connectivity index (χ3n) is 2.66. The first-order valence-corrected chi connectivity index (χ1v) is 6.53. The van der Waals surface area contributed by atoms with Gasteiger partial charge in [-0.25, -0.2) is 9.59 Å². The quantitative estimate of drug-likeness (QED) is 0.469. The Kier molecular flexibility index (Phi) is 15.3. The number of unbranched alkanes of at least 4 members (excludes halogenated alkanes) is 1. The van der Waals surface area contributed by atoms with Gasteiger partial charge >= 0.3 is 12.2 Å². The summed E-state index contributed by atoms with van der Waals surface area (Å²) in [6, 6.07) is -0.567. The molecule has 0 aliphatic carbocycles. The fourth-order valence-corrected chi connectivity index (χ4v) is 1.60. The van der Waals surface area contributed by atoms with E-state index in [0.717, 1.165) is 0 Å². The van der Waals surface area contributed by atoms with Crippen LogP contribution < -0.4 is 10.6 Å². The molecule has 0 bridgehead atoms. The molecule has 2 amide bonds. The van der Waals surface area contributed by atoms with Crippen LogP contribution in [0.2, 0.25) is 0 Å². The van der Waals surface area contributed by atoms with Crippen molar-refractivity contribution in [3.8, 4) is 0 Å². The molecule has 0 rings (SSSR count). The van der Waals surface area contributed by atoms with Gasteiger partial charge in [0.25, 0.3) is 0 Å². The first kappa shape index (κ1) is 22.6. The molecule has 1 unspecified atom stereocenters. The number of Topliss-reactive ketones (excluding diaryl/α,β-unsaturated/α-hetero) is 1. The van der Waals surface area contributed by atoms with Gasteiger partial charge in [0.2, 0.25) is 0 Å². The number of ketones is 1. The van der Waals surface area contributed by atoms with E-state index in [1.165, 1.54) is 14.2 Å². The maximum absolute atomic E-state index is 11.8. The van der Waals surface area contributed by atoms with Crippen molar-refractivity contribution in [2.45, 2.75) is 38.1 Å². The molecule has 0 heterocycles. The number of amides is 2. The van der Waals surface area contributed by atoms with E-state index < -0.39 is 18.2 Å². The maximum atomic E-state index is 11.8. The molecule has 0 fully saturated rings. The first-order chi connectivity index (χ1) is 9.54. The summed E-state index contributed by atoms with van der Waals surface area (Å²) in [4.78, 5) is 33.8. The number of rotatable bonds is 9. The Balaban J connectivity index is 0. The zero-order valence-corrected chi connectivity index (χ0v) is 15.5. The van der Waals surface area contributed by atoms with E-state index in [4.69, 9.17) is 0 Å². The summed E-state index contributed by atoms with van der Waals surface area (Å²) in [5.74, 6) is -0.0636. The Bertz CT molecular complexity index is 326. The van der Waals surface area contributed by atoms with Gasteiger partial charge in [-0.1, -0.05) is 0 Å². The van der Waals surface area contributed by atoms with Crippen molar-refractivity contribution in [2.75, 3.05) is 20.8 Å². The van der Waals surface area contributed by atoms with E-state index in [1.54, 1.807) is 0 Å². The van der Waals surface area contributed by atoms with E-state index in [2.05, 4.69) is 27.0 Å². The molecule has 8 heteroatoms. The number of alkyl carbamates (subject to hydrolysis) is 2. The minimum atomic E-state index is -0.625. The predicted octanol–water partition coefficient (Wildman–Crippen LogP) is 1.42.